The molecular formula is C21H24F3N3O3. The summed E-state index contributed by atoms with van der Waals surface area (Å²) in [5.41, 5.74) is -0.819. The first-order valence-corrected chi connectivity index (χ1v) is 9.70. The number of nitrogens with zero attached hydrogens (tertiary/aromatic N) is 2. The highest BCUT2D eigenvalue weighted by molar-refractivity contribution is 5.95. The van der Waals surface area contributed by atoms with Gasteiger partial charge in [0.1, 0.15) is 5.76 Å². The maximum atomic E-state index is 12.7. The molecule has 0 radical (unpaired) electrons. The molecule has 1 aromatic heterocycles. The fraction of sp³-hybridized carbons (Fsp3) is 0.476. The number of carbonyl (C=O) groups excluding carboxylic acids is 2. The van der Waals surface area contributed by atoms with Gasteiger partial charge in [-0.1, -0.05) is 25.9 Å². The summed E-state index contributed by atoms with van der Waals surface area (Å²) in [5.74, 6) is 0.207. The molecule has 2 aromatic rings. The summed E-state index contributed by atoms with van der Waals surface area (Å²) in [4.78, 5) is 26.6. The molecule has 1 N–H and O–H groups in total. The van der Waals surface area contributed by atoms with E-state index in [4.69, 9.17) is 4.52 Å². The lowest BCUT2D eigenvalue weighted by Gasteiger charge is -2.31. The summed E-state index contributed by atoms with van der Waals surface area (Å²) in [6, 6.07) is 5.86. The van der Waals surface area contributed by atoms with Crippen molar-refractivity contribution >= 4 is 17.6 Å². The van der Waals surface area contributed by atoms with E-state index in [0.29, 0.717) is 37.5 Å². The molecule has 0 saturated carbocycles. The van der Waals surface area contributed by atoms with Crippen molar-refractivity contribution in [1.82, 2.24) is 10.1 Å². The number of aromatic nitrogens is 1. The van der Waals surface area contributed by atoms with E-state index in [0.717, 1.165) is 12.1 Å². The molecule has 0 bridgehead atoms. The Labute approximate surface area is 172 Å². The molecule has 30 heavy (non-hydrogen) atoms. The van der Waals surface area contributed by atoms with Crippen LogP contribution < -0.4 is 5.32 Å². The molecular weight excluding hydrogens is 399 g/mol. The Morgan fingerprint density at radius 2 is 1.70 bits per heavy atom. The third kappa shape index (κ3) is 5.01. The molecule has 2 heterocycles. The lowest BCUT2D eigenvalue weighted by atomic mass is 9.93. The number of nitrogens with one attached hydrogen (secondary N) is 1. The third-order valence-corrected chi connectivity index (χ3v) is 5.11. The van der Waals surface area contributed by atoms with E-state index < -0.39 is 11.7 Å². The van der Waals surface area contributed by atoms with Gasteiger partial charge in [-0.05, 0) is 37.1 Å². The Morgan fingerprint density at radius 3 is 2.20 bits per heavy atom. The minimum Gasteiger partial charge on any atom is -0.359 e. The quantitative estimate of drug-likeness (QED) is 0.790. The first-order valence-electron chi connectivity index (χ1n) is 9.70. The molecule has 0 unspecified atom stereocenters. The first kappa shape index (κ1) is 21.9. The molecule has 1 fully saturated rings. The molecule has 9 heteroatoms. The van der Waals surface area contributed by atoms with Gasteiger partial charge in [0.15, 0.2) is 5.82 Å². The third-order valence-electron chi connectivity index (χ3n) is 5.11. The van der Waals surface area contributed by atoms with E-state index >= 15 is 0 Å². The van der Waals surface area contributed by atoms with Crippen LogP contribution in [0.4, 0.5) is 19.0 Å². The van der Waals surface area contributed by atoms with Gasteiger partial charge in [0.25, 0.3) is 5.91 Å². The summed E-state index contributed by atoms with van der Waals surface area (Å²) < 4.78 is 43.3. The van der Waals surface area contributed by atoms with Crippen molar-refractivity contribution in [2.75, 3.05) is 18.4 Å². The van der Waals surface area contributed by atoms with Gasteiger partial charge in [0.05, 0.1) is 5.56 Å². The van der Waals surface area contributed by atoms with E-state index in [9.17, 15) is 22.8 Å². The lowest BCUT2D eigenvalue weighted by molar-refractivity contribution is -0.137. The monoisotopic (exact) mass is 423 g/mol. The second-order valence-corrected chi connectivity index (χ2v) is 8.46. The van der Waals surface area contributed by atoms with Gasteiger partial charge in [-0.2, -0.15) is 13.2 Å². The molecule has 1 aliphatic rings. The lowest BCUT2D eigenvalue weighted by Crippen LogP contribution is -2.41. The molecule has 3 rings (SSSR count). The highest BCUT2D eigenvalue weighted by atomic mass is 19.4. The molecule has 162 valence electrons. The van der Waals surface area contributed by atoms with Crippen LogP contribution in [-0.2, 0) is 16.4 Å². The van der Waals surface area contributed by atoms with Crippen molar-refractivity contribution in [1.29, 1.82) is 0 Å². The maximum absolute atomic E-state index is 12.7. The van der Waals surface area contributed by atoms with E-state index in [1.54, 1.807) is 11.0 Å². The smallest absolute Gasteiger partial charge is 0.359 e. The van der Waals surface area contributed by atoms with Crippen LogP contribution in [0.5, 0.6) is 0 Å². The second-order valence-electron chi connectivity index (χ2n) is 8.46. The highest BCUT2D eigenvalue weighted by Gasteiger charge is 2.32. The average molecular weight is 423 g/mol. The Bertz CT molecular complexity index is 906. The zero-order valence-electron chi connectivity index (χ0n) is 17.0. The van der Waals surface area contributed by atoms with Crippen molar-refractivity contribution < 1.29 is 27.3 Å². The van der Waals surface area contributed by atoms with Crippen LogP contribution >= 0.6 is 0 Å². The van der Waals surface area contributed by atoms with Crippen LogP contribution in [0.1, 0.15) is 55.3 Å². The Morgan fingerprint density at radius 1 is 1.10 bits per heavy atom. The predicted octanol–water partition coefficient (Wildman–Crippen LogP) is 4.48. The molecule has 1 aliphatic heterocycles. The number of likely N-dealkylation sites (tertiary alicyclic amines) is 1. The second kappa shape index (κ2) is 8.12. The summed E-state index contributed by atoms with van der Waals surface area (Å²) in [6.45, 7) is 6.63. The fourth-order valence-electron chi connectivity index (χ4n) is 3.24. The van der Waals surface area contributed by atoms with Gasteiger partial charge >= 0.3 is 6.18 Å². The molecule has 0 atom stereocenters. The van der Waals surface area contributed by atoms with Gasteiger partial charge in [-0.25, -0.2) is 0 Å². The molecule has 6 nitrogen and oxygen atoms in total. The van der Waals surface area contributed by atoms with E-state index in [2.05, 4.69) is 10.5 Å². The minimum atomic E-state index is -4.44. The maximum Gasteiger partial charge on any atom is 0.416 e. The normalized spacial score (nSPS) is 15.9. The number of rotatable bonds is 3. The Kier molecular flexibility index (Phi) is 5.92. The number of alkyl halides is 3. The zero-order valence-corrected chi connectivity index (χ0v) is 17.0. The Balaban J connectivity index is 1.54. The number of carbonyl (C=O) groups is 2. The fourth-order valence-corrected chi connectivity index (χ4v) is 3.24. The SMILES string of the molecule is CC(C)(C)c1cc(NC(=O)C2CCN(C(=O)c3ccc(C(F)(F)F)cc3)CC2)no1. The van der Waals surface area contributed by atoms with Crippen LogP contribution in [0, 0.1) is 5.92 Å². The number of amides is 2. The van der Waals surface area contributed by atoms with Crippen LogP contribution in [0.2, 0.25) is 0 Å². The molecule has 0 spiro atoms. The van der Waals surface area contributed by atoms with Crippen molar-refractivity contribution in [2.24, 2.45) is 5.92 Å². The van der Waals surface area contributed by atoms with Gasteiger partial charge in [0.2, 0.25) is 5.91 Å². The van der Waals surface area contributed by atoms with Crippen LogP contribution in [0.3, 0.4) is 0 Å². The number of anilines is 1. The predicted molar refractivity (Wildman–Crippen MR) is 104 cm³/mol. The summed E-state index contributed by atoms with van der Waals surface area (Å²) >= 11 is 0. The summed E-state index contributed by atoms with van der Waals surface area (Å²) in [6.07, 6.45) is -3.52. The number of halogens is 3. The number of hydrogen-bond acceptors (Lipinski definition) is 4. The molecule has 0 aliphatic carbocycles. The van der Waals surface area contributed by atoms with Crippen LogP contribution in [0.25, 0.3) is 0 Å². The van der Waals surface area contributed by atoms with E-state index in [-0.39, 0.29) is 28.7 Å². The average Bonchev–Trinajstić information content (AvgIpc) is 3.16. The van der Waals surface area contributed by atoms with Crippen molar-refractivity contribution in [3.63, 3.8) is 0 Å². The van der Waals surface area contributed by atoms with Crippen molar-refractivity contribution in [3.8, 4) is 0 Å². The highest BCUT2D eigenvalue weighted by Crippen LogP contribution is 2.30. The van der Waals surface area contributed by atoms with Crippen molar-refractivity contribution in [3.05, 3.63) is 47.2 Å². The molecule has 2 amide bonds. The van der Waals surface area contributed by atoms with Crippen LogP contribution in [-0.4, -0.2) is 35.0 Å². The van der Waals surface area contributed by atoms with E-state index in [1.165, 1.54) is 12.1 Å². The first-order chi connectivity index (χ1) is 13.9. The number of hydrogen-bond donors (Lipinski definition) is 1. The Hall–Kier alpha value is -2.84. The largest absolute Gasteiger partial charge is 0.416 e. The summed E-state index contributed by atoms with van der Waals surface area (Å²) in [5, 5.41) is 6.62. The minimum absolute atomic E-state index is 0.189. The van der Waals surface area contributed by atoms with Gasteiger partial charge in [0, 0.05) is 36.1 Å². The molecule has 1 aromatic carbocycles. The van der Waals surface area contributed by atoms with Crippen LogP contribution in [0.15, 0.2) is 34.9 Å². The van der Waals surface area contributed by atoms with Crippen molar-refractivity contribution in [2.45, 2.75) is 45.2 Å². The van der Waals surface area contributed by atoms with Gasteiger partial charge < -0.3 is 14.7 Å². The van der Waals surface area contributed by atoms with E-state index in [1.807, 2.05) is 20.8 Å². The van der Waals surface area contributed by atoms with Gasteiger partial charge in [-0.15, -0.1) is 0 Å². The standard InChI is InChI=1S/C21H24F3N3O3/c1-20(2,3)16-12-17(26-30-16)25-18(28)13-8-10-27(11-9-13)19(29)14-4-6-15(7-5-14)21(22,23)24/h4-7,12-13H,8-11H2,1-3H3,(H,25,26,28). The number of piperidine rings is 1. The zero-order chi connectivity index (χ0) is 22.1. The topological polar surface area (TPSA) is 75.4 Å². The number of benzene rings is 1. The molecule has 1 saturated heterocycles. The summed E-state index contributed by atoms with van der Waals surface area (Å²) in [7, 11) is 0. The van der Waals surface area contributed by atoms with Gasteiger partial charge in [-0.3, -0.25) is 9.59 Å².